The molecule has 1 atom stereocenters. The summed E-state index contributed by atoms with van der Waals surface area (Å²) >= 11 is 0. The number of cyclic esters (lactones) is 1. The maximum absolute atomic E-state index is 15.0. The largest absolute Gasteiger partial charge is 0.442 e. The Morgan fingerprint density at radius 1 is 1.11 bits per heavy atom. The molecule has 2 aliphatic rings. The molecule has 0 saturated carbocycles. The van der Waals surface area contributed by atoms with Crippen molar-refractivity contribution in [3.8, 4) is 11.1 Å². The van der Waals surface area contributed by atoms with Crippen molar-refractivity contribution in [3.63, 3.8) is 0 Å². The van der Waals surface area contributed by atoms with Crippen molar-refractivity contribution in [3.05, 3.63) is 53.8 Å². The Bertz CT molecular complexity index is 1130. The Balaban J connectivity index is 1.38. The molecule has 2 aromatic carbocycles. The molecule has 0 unspecified atom stereocenters. The lowest BCUT2D eigenvalue weighted by Gasteiger charge is -2.32. The predicted molar refractivity (Wildman–Crippen MR) is 130 cm³/mol. The molecule has 2 aromatic rings. The van der Waals surface area contributed by atoms with Crippen molar-refractivity contribution in [1.29, 1.82) is 0 Å². The van der Waals surface area contributed by atoms with Crippen LogP contribution in [0.4, 0.5) is 14.9 Å². The molecule has 0 aliphatic carbocycles. The zero-order valence-electron chi connectivity index (χ0n) is 19.7. The predicted octanol–water partition coefficient (Wildman–Crippen LogP) is 2.45. The zero-order valence-corrected chi connectivity index (χ0v) is 19.7. The number of carbonyl (C=O) groups excluding carboxylic acids is 3. The molecule has 9 nitrogen and oxygen atoms in total. The molecular formula is C25H28FN5O4. The second-order valence-electron chi connectivity index (χ2n) is 8.54. The lowest BCUT2D eigenvalue weighted by molar-refractivity contribution is -0.130. The van der Waals surface area contributed by atoms with Crippen LogP contribution in [-0.4, -0.2) is 79.4 Å². The van der Waals surface area contributed by atoms with E-state index in [1.807, 2.05) is 29.3 Å². The first-order valence-corrected chi connectivity index (χ1v) is 11.5. The number of amides is 3. The number of nitrogens with one attached hydrogen (secondary N) is 1. The molecule has 3 amide bonds. The Hall–Kier alpha value is -3.95. The van der Waals surface area contributed by atoms with E-state index < -0.39 is 18.0 Å². The average molecular weight is 482 g/mol. The molecule has 2 saturated heterocycles. The number of hydrogen-bond donors (Lipinski definition) is 1. The summed E-state index contributed by atoms with van der Waals surface area (Å²) in [6, 6.07) is 12.0. The number of anilines is 1. The number of hydrazone groups is 1. The van der Waals surface area contributed by atoms with Gasteiger partial charge in [0.2, 0.25) is 11.8 Å². The molecule has 4 rings (SSSR count). The summed E-state index contributed by atoms with van der Waals surface area (Å²) in [5.41, 5.74) is 2.40. The fraction of sp³-hybridized carbons (Fsp3) is 0.360. The number of rotatable bonds is 6. The molecule has 10 heteroatoms. The smallest absolute Gasteiger partial charge is 0.414 e. The Labute approximate surface area is 203 Å². The van der Waals surface area contributed by atoms with Gasteiger partial charge in [-0.25, -0.2) is 9.18 Å². The SMILES string of the molecule is CC(=O)NC[C@H]1CN(c2ccc(-c3ccc(C=NN4CCN(C(C)=O)CC4)cc3)c(F)c2)C(=O)O1. The van der Waals surface area contributed by atoms with E-state index in [2.05, 4.69) is 10.4 Å². The van der Waals surface area contributed by atoms with Crippen molar-refractivity contribution in [2.45, 2.75) is 20.0 Å². The highest BCUT2D eigenvalue weighted by atomic mass is 19.1. The molecule has 2 heterocycles. The third-order valence-electron chi connectivity index (χ3n) is 6.01. The van der Waals surface area contributed by atoms with Crippen LogP contribution < -0.4 is 10.2 Å². The van der Waals surface area contributed by atoms with Gasteiger partial charge in [0, 0.05) is 32.5 Å². The quantitative estimate of drug-likeness (QED) is 0.640. The van der Waals surface area contributed by atoms with E-state index in [-0.39, 0.29) is 24.9 Å². The van der Waals surface area contributed by atoms with Gasteiger partial charge in [-0.1, -0.05) is 24.3 Å². The van der Waals surface area contributed by atoms with E-state index in [0.717, 1.165) is 5.56 Å². The average Bonchev–Trinajstić information content (AvgIpc) is 3.22. The number of hydrogen-bond acceptors (Lipinski definition) is 6. The van der Waals surface area contributed by atoms with Crippen LogP contribution in [0.25, 0.3) is 11.1 Å². The van der Waals surface area contributed by atoms with Crippen LogP contribution in [0.15, 0.2) is 47.6 Å². The maximum Gasteiger partial charge on any atom is 0.414 e. The van der Waals surface area contributed by atoms with Gasteiger partial charge in [-0.05, 0) is 29.3 Å². The summed E-state index contributed by atoms with van der Waals surface area (Å²) < 4.78 is 20.2. The lowest BCUT2D eigenvalue weighted by atomic mass is 10.0. The Kier molecular flexibility index (Phi) is 7.28. The molecule has 184 valence electrons. The fourth-order valence-electron chi connectivity index (χ4n) is 4.03. The molecule has 0 radical (unpaired) electrons. The summed E-state index contributed by atoms with van der Waals surface area (Å²) in [6.07, 6.45) is 0.698. The first kappa shape index (κ1) is 24.2. The fourth-order valence-corrected chi connectivity index (χ4v) is 4.03. The minimum Gasteiger partial charge on any atom is -0.442 e. The van der Waals surface area contributed by atoms with Crippen LogP contribution >= 0.6 is 0 Å². The van der Waals surface area contributed by atoms with Gasteiger partial charge in [0.05, 0.1) is 38.1 Å². The van der Waals surface area contributed by atoms with Gasteiger partial charge in [-0.15, -0.1) is 0 Å². The van der Waals surface area contributed by atoms with Crippen molar-refractivity contribution >= 4 is 29.8 Å². The molecule has 2 aliphatic heterocycles. The van der Waals surface area contributed by atoms with Crippen LogP contribution in [0.1, 0.15) is 19.4 Å². The third-order valence-corrected chi connectivity index (χ3v) is 6.01. The van der Waals surface area contributed by atoms with Crippen molar-refractivity contribution in [2.24, 2.45) is 5.10 Å². The molecule has 2 fully saturated rings. The van der Waals surface area contributed by atoms with Gasteiger partial charge in [-0.3, -0.25) is 19.5 Å². The highest BCUT2D eigenvalue weighted by molar-refractivity contribution is 5.90. The molecular weight excluding hydrogens is 453 g/mol. The summed E-state index contributed by atoms with van der Waals surface area (Å²) in [5.74, 6) is -0.582. The number of ether oxygens (including phenoxy) is 1. The van der Waals surface area contributed by atoms with Crippen molar-refractivity contribution in [1.82, 2.24) is 15.2 Å². The number of piperazine rings is 1. The van der Waals surface area contributed by atoms with Crippen LogP contribution in [0.3, 0.4) is 0 Å². The van der Waals surface area contributed by atoms with E-state index in [1.165, 1.54) is 17.9 Å². The van der Waals surface area contributed by atoms with Gasteiger partial charge in [0.25, 0.3) is 0 Å². The second-order valence-corrected chi connectivity index (χ2v) is 8.54. The van der Waals surface area contributed by atoms with Crippen LogP contribution in [0.5, 0.6) is 0 Å². The van der Waals surface area contributed by atoms with Gasteiger partial charge in [0.1, 0.15) is 11.9 Å². The number of halogens is 1. The standard InChI is InChI=1S/C25H28FN5O4/c1-17(32)27-15-22-16-31(25(34)35-22)21-7-8-23(24(26)13-21)20-5-3-19(4-6-20)14-28-30-11-9-29(10-12-30)18(2)33/h3-8,13-14,22H,9-12,15-16H2,1-2H3,(H,27,32)/t22-/m0/s1. The topological polar surface area (TPSA) is 94.5 Å². The second kappa shape index (κ2) is 10.5. The number of carbonyl (C=O) groups is 3. The zero-order chi connectivity index (χ0) is 24.9. The summed E-state index contributed by atoms with van der Waals surface area (Å²) in [4.78, 5) is 37.8. The molecule has 1 N–H and O–H groups in total. The van der Waals surface area contributed by atoms with E-state index in [4.69, 9.17) is 4.74 Å². The highest BCUT2D eigenvalue weighted by Crippen LogP contribution is 2.29. The molecule has 0 aromatic heterocycles. The molecule has 35 heavy (non-hydrogen) atoms. The van der Waals surface area contributed by atoms with E-state index >= 15 is 0 Å². The van der Waals surface area contributed by atoms with E-state index in [9.17, 15) is 18.8 Å². The van der Waals surface area contributed by atoms with E-state index in [1.54, 1.807) is 30.2 Å². The summed E-state index contributed by atoms with van der Waals surface area (Å²) in [5, 5.41) is 9.03. The summed E-state index contributed by atoms with van der Waals surface area (Å²) in [7, 11) is 0. The first-order valence-electron chi connectivity index (χ1n) is 11.5. The van der Waals surface area contributed by atoms with Crippen LogP contribution in [0.2, 0.25) is 0 Å². The normalized spacial score (nSPS) is 18.2. The highest BCUT2D eigenvalue weighted by Gasteiger charge is 2.32. The van der Waals surface area contributed by atoms with E-state index in [0.29, 0.717) is 43.0 Å². The number of benzene rings is 2. The third kappa shape index (κ3) is 5.95. The van der Waals surface area contributed by atoms with Gasteiger partial charge >= 0.3 is 6.09 Å². The minimum absolute atomic E-state index is 0.0796. The van der Waals surface area contributed by atoms with Crippen LogP contribution in [0, 0.1) is 5.82 Å². The lowest BCUT2D eigenvalue weighted by Crippen LogP contribution is -2.46. The van der Waals surface area contributed by atoms with Gasteiger partial charge < -0.3 is 15.0 Å². The maximum atomic E-state index is 15.0. The molecule has 0 bridgehead atoms. The number of nitrogens with zero attached hydrogens (tertiary/aromatic N) is 4. The minimum atomic E-state index is -0.571. The first-order chi connectivity index (χ1) is 16.8. The van der Waals surface area contributed by atoms with Crippen molar-refractivity contribution in [2.75, 3.05) is 44.2 Å². The van der Waals surface area contributed by atoms with Crippen LogP contribution in [-0.2, 0) is 14.3 Å². The monoisotopic (exact) mass is 481 g/mol. The van der Waals surface area contributed by atoms with Crippen molar-refractivity contribution < 1.29 is 23.5 Å². The van der Waals surface area contributed by atoms with Gasteiger partial charge in [0.15, 0.2) is 0 Å². The Morgan fingerprint density at radius 2 is 1.83 bits per heavy atom. The van der Waals surface area contributed by atoms with Gasteiger partial charge in [-0.2, -0.15) is 5.10 Å². The molecule has 0 spiro atoms. The Morgan fingerprint density at radius 3 is 2.46 bits per heavy atom. The summed E-state index contributed by atoms with van der Waals surface area (Å²) in [6.45, 7) is 6.09.